The minimum atomic E-state index is -1.24. The molecule has 20 heavy (non-hydrogen) atoms. The van der Waals surface area contributed by atoms with Crippen molar-refractivity contribution in [2.24, 2.45) is 0 Å². The maximum absolute atomic E-state index is 11.9. The van der Waals surface area contributed by atoms with Gasteiger partial charge in [-0.1, -0.05) is 17.7 Å². The summed E-state index contributed by atoms with van der Waals surface area (Å²) in [5, 5.41) is 19.7. The van der Waals surface area contributed by atoms with E-state index in [9.17, 15) is 14.4 Å². The summed E-state index contributed by atoms with van der Waals surface area (Å²) in [7, 11) is 0. The Kier molecular flexibility index (Phi) is 5.67. The quantitative estimate of drug-likeness (QED) is 0.446. The zero-order valence-electron chi connectivity index (χ0n) is 10.9. The van der Waals surface area contributed by atoms with Gasteiger partial charge in [-0.05, 0) is 25.5 Å². The van der Waals surface area contributed by atoms with E-state index in [1.54, 1.807) is 24.3 Å². The number of carbonyl (C=O) groups excluding carboxylic acids is 2. The summed E-state index contributed by atoms with van der Waals surface area (Å²) in [6.07, 6.45) is -0.318. The van der Waals surface area contributed by atoms with Crippen LogP contribution in [0.3, 0.4) is 0 Å². The molecule has 0 aliphatic carbocycles. The number of carboxylic acid groups (broad SMARTS) is 1. The van der Waals surface area contributed by atoms with Crippen molar-refractivity contribution in [1.82, 2.24) is 10.8 Å². The van der Waals surface area contributed by atoms with Crippen LogP contribution in [0.2, 0.25) is 0 Å². The minimum Gasteiger partial charge on any atom is -0.480 e. The van der Waals surface area contributed by atoms with Crippen LogP contribution in [0.5, 0.6) is 0 Å². The highest BCUT2D eigenvalue weighted by Gasteiger charge is 2.21. The summed E-state index contributed by atoms with van der Waals surface area (Å²) < 4.78 is 0. The summed E-state index contributed by atoms with van der Waals surface area (Å²) in [4.78, 5) is 33.7. The van der Waals surface area contributed by atoms with E-state index < -0.39 is 23.8 Å². The number of carbonyl (C=O) groups is 3. The topological polar surface area (TPSA) is 116 Å². The monoisotopic (exact) mass is 280 g/mol. The van der Waals surface area contributed by atoms with Crippen LogP contribution in [0.15, 0.2) is 24.3 Å². The smallest absolute Gasteiger partial charge is 0.326 e. The molecular formula is C13H16N2O5. The van der Waals surface area contributed by atoms with Crippen LogP contribution in [-0.2, 0) is 9.59 Å². The Morgan fingerprint density at radius 2 is 1.80 bits per heavy atom. The number of nitrogens with one attached hydrogen (secondary N) is 2. The normalized spacial score (nSPS) is 11.5. The van der Waals surface area contributed by atoms with E-state index in [-0.39, 0.29) is 12.8 Å². The zero-order chi connectivity index (χ0) is 15.1. The number of hydroxylamine groups is 1. The number of hydrogen-bond acceptors (Lipinski definition) is 4. The molecule has 0 fully saturated rings. The molecule has 0 aliphatic rings. The van der Waals surface area contributed by atoms with E-state index in [0.29, 0.717) is 5.56 Å². The van der Waals surface area contributed by atoms with E-state index >= 15 is 0 Å². The molecule has 1 rings (SSSR count). The number of amides is 2. The maximum atomic E-state index is 11.9. The van der Waals surface area contributed by atoms with Gasteiger partial charge in [-0.25, -0.2) is 10.3 Å². The van der Waals surface area contributed by atoms with Gasteiger partial charge in [-0.2, -0.15) is 0 Å². The molecule has 0 saturated carbocycles. The fraction of sp³-hybridized carbons (Fsp3) is 0.308. The number of hydrogen-bond donors (Lipinski definition) is 4. The van der Waals surface area contributed by atoms with Gasteiger partial charge in [-0.15, -0.1) is 0 Å². The Bertz CT molecular complexity index is 498. The lowest BCUT2D eigenvalue weighted by Gasteiger charge is -2.14. The van der Waals surface area contributed by atoms with Crippen molar-refractivity contribution < 1.29 is 24.7 Å². The molecule has 1 aromatic rings. The van der Waals surface area contributed by atoms with Crippen molar-refractivity contribution >= 4 is 17.8 Å². The lowest BCUT2D eigenvalue weighted by molar-refractivity contribution is -0.139. The minimum absolute atomic E-state index is 0.112. The highest BCUT2D eigenvalue weighted by atomic mass is 16.5. The molecule has 0 aliphatic heterocycles. The Hall–Kier alpha value is -2.41. The van der Waals surface area contributed by atoms with E-state index in [2.05, 4.69) is 5.32 Å². The second kappa shape index (κ2) is 7.25. The van der Waals surface area contributed by atoms with Gasteiger partial charge in [0.1, 0.15) is 6.04 Å². The van der Waals surface area contributed by atoms with Gasteiger partial charge in [0.2, 0.25) is 5.91 Å². The average Bonchev–Trinajstić information content (AvgIpc) is 2.43. The van der Waals surface area contributed by atoms with E-state index in [0.717, 1.165) is 5.56 Å². The number of carboxylic acids is 1. The molecule has 0 unspecified atom stereocenters. The van der Waals surface area contributed by atoms with Crippen LogP contribution in [0.1, 0.15) is 28.8 Å². The number of rotatable bonds is 6. The first-order valence-electron chi connectivity index (χ1n) is 5.97. The van der Waals surface area contributed by atoms with Gasteiger partial charge < -0.3 is 10.4 Å². The highest BCUT2D eigenvalue weighted by Crippen LogP contribution is 2.05. The van der Waals surface area contributed by atoms with Crippen LogP contribution < -0.4 is 10.8 Å². The third-order valence-corrected chi connectivity index (χ3v) is 2.70. The van der Waals surface area contributed by atoms with Gasteiger partial charge >= 0.3 is 5.97 Å². The first-order chi connectivity index (χ1) is 9.43. The SMILES string of the molecule is Cc1ccc(C(=O)N[C@@H](CCC(=O)NO)C(=O)O)cc1. The molecule has 0 aromatic heterocycles. The second-order valence-electron chi connectivity index (χ2n) is 4.30. The molecule has 2 amide bonds. The summed E-state index contributed by atoms with van der Waals surface area (Å²) in [6, 6.07) is 5.46. The van der Waals surface area contributed by atoms with Crippen molar-refractivity contribution in [3.05, 3.63) is 35.4 Å². The molecule has 0 heterocycles. The predicted molar refractivity (Wildman–Crippen MR) is 69.2 cm³/mol. The summed E-state index contributed by atoms with van der Waals surface area (Å²) in [6.45, 7) is 1.87. The standard InChI is InChI=1S/C13H16N2O5/c1-8-2-4-9(5-3-8)12(17)14-10(13(18)19)6-7-11(16)15-20/h2-5,10,20H,6-7H2,1H3,(H,14,17)(H,15,16)(H,18,19)/t10-/m0/s1. The van der Waals surface area contributed by atoms with Crippen molar-refractivity contribution in [2.75, 3.05) is 0 Å². The Morgan fingerprint density at radius 3 is 2.30 bits per heavy atom. The summed E-state index contributed by atoms with van der Waals surface area (Å²) in [5.41, 5.74) is 2.73. The van der Waals surface area contributed by atoms with Crippen LogP contribution in [0.25, 0.3) is 0 Å². The third kappa shape index (κ3) is 4.69. The molecule has 7 heteroatoms. The molecule has 0 radical (unpaired) electrons. The summed E-state index contributed by atoms with van der Waals surface area (Å²) >= 11 is 0. The van der Waals surface area contributed by atoms with E-state index in [4.69, 9.17) is 10.3 Å². The van der Waals surface area contributed by atoms with E-state index in [1.165, 1.54) is 5.48 Å². The molecule has 7 nitrogen and oxygen atoms in total. The Balaban J connectivity index is 2.65. The highest BCUT2D eigenvalue weighted by molar-refractivity contribution is 5.96. The largest absolute Gasteiger partial charge is 0.480 e. The first-order valence-corrected chi connectivity index (χ1v) is 5.97. The van der Waals surface area contributed by atoms with Crippen LogP contribution in [0, 0.1) is 6.92 Å². The van der Waals surface area contributed by atoms with Gasteiger partial charge in [0.05, 0.1) is 0 Å². The summed E-state index contributed by atoms with van der Waals surface area (Å²) in [5.74, 6) is -2.47. The lowest BCUT2D eigenvalue weighted by atomic mass is 10.1. The van der Waals surface area contributed by atoms with Gasteiger partial charge in [-0.3, -0.25) is 14.8 Å². The predicted octanol–water partition coefficient (Wildman–Crippen LogP) is 0.464. The van der Waals surface area contributed by atoms with Gasteiger partial charge in [0, 0.05) is 12.0 Å². The zero-order valence-corrected chi connectivity index (χ0v) is 10.9. The number of aryl methyl sites for hydroxylation is 1. The molecule has 1 aromatic carbocycles. The van der Waals surface area contributed by atoms with Gasteiger partial charge in [0.25, 0.3) is 5.91 Å². The molecular weight excluding hydrogens is 264 g/mol. The molecule has 0 bridgehead atoms. The van der Waals surface area contributed by atoms with Crippen LogP contribution in [0.4, 0.5) is 0 Å². The maximum Gasteiger partial charge on any atom is 0.326 e. The molecule has 0 spiro atoms. The fourth-order valence-electron chi connectivity index (χ4n) is 1.54. The molecule has 1 atom stereocenters. The second-order valence-corrected chi connectivity index (χ2v) is 4.30. The van der Waals surface area contributed by atoms with Gasteiger partial charge in [0.15, 0.2) is 0 Å². The molecule has 4 N–H and O–H groups in total. The number of aliphatic carboxylic acids is 1. The van der Waals surface area contributed by atoms with Crippen molar-refractivity contribution in [3.8, 4) is 0 Å². The number of benzene rings is 1. The Morgan fingerprint density at radius 1 is 1.20 bits per heavy atom. The lowest BCUT2D eigenvalue weighted by Crippen LogP contribution is -2.41. The van der Waals surface area contributed by atoms with Crippen LogP contribution in [-0.4, -0.2) is 34.1 Å². The van der Waals surface area contributed by atoms with E-state index in [1.807, 2.05) is 6.92 Å². The fourth-order valence-corrected chi connectivity index (χ4v) is 1.54. The average molecular weight is 280 g/mol. The Labute approximate surface area is 115 Å². The molecule has 0 saturated heterocycles. The van der Waals surface area contributed by atoms with Crippen molar-refractivity contribution in [1.29, 1.82) is 0 Å². The van der Waals surface area contributed by atoms with Crippen molar-refractivity contribution in [3.63, 3.8) is 0 Å². The van der Waals surface area contributed by atoms with Crippen LogP contribution >= 0.6 is 0 Å². The first kappa shape index (κ1) is 15.6. The van der Waals surface area contributed by atoms with Crippen molar-refractivity contribution in [2.45, 2.75) is 25.8 Å². The molecule has 108 valence electrons. The third-order valence-electron chi connectivity index (χ3n) is 2.70.